The Balaban J connectivity index is 2.21. The summed E-state index contributed by atoms with van der Waals surface area (Å²) in [5.74, 6) is 5.73. The molecule has 1 fully saturated rings. The van der Waals surface area contributed by atoms with Crippen molar-refractivity contribution in [2.45, 2.75) is 52.1 Å². The summed E-state index contributed by atoms with van der Waals surface area (Å²) in [4.78, 5) is 0. The summed E-state index contributed by atoms with van der Waals surface area (Å²) in [5.41, 5.74) is 4.49. The maximum Gasteiger partial charge on any atom is 0.0544 e. The van der Waals surface area contributed by atoms with Crippen LogP contribution in [0.15, 0.2) is 12.4 Å². The van der Waals surface area contributed by atoms with Crippen molar-refractivity contribution in [3.05, 3.63) is 18.0 Å². The van der Waals surface area contributed by atoms with Gasteiger partial charge in [0, 0.05) is 18.3 Å². The van der Waals surface area contributed by atoms with E-state index in [4.69, 9.17) is 5.84 Å². The third-order valence-corrected chi connectivity index (χ3v) is 3.92. The number of hydrazine groups is 1. The smallest absolute Gasteiger partial charge is 0.0544 e. The van der Waals surface area contributed by atoms with Crippen LogP contribution in [0.4, 0.5) is 0 Å². The van der Waals surface area contributed by atoms with E-state index >= 15 is 0 Å². The summed E-state index contributed by atoms with van der Waals surface area (Å²) in [7, 11) is 0. The number of hydrogen-bond donors (Lipinski definition) is 2. The van der Waals surface area contributed by atoms with Crippen molar-refractivity contribution in [1.29, 1.82) is 0 Å². The molecular formula is C12H22N4. The van der Waals surface area contributed by atoms with Crippen LogP contribution in [0, 0.1) is 5.41 Å². The number of hydrogen-bond acceptors (Lipinski definition) is 3. The SMILES string of the molecule is CCn1cc(C(NN)C2(C)CCCC2)cn1. The molecule has 1 saturated carbocycles. The fraction of sp³-hybridized carbons (Fsp3) is 0.750. The normalized spacial score (nSPS) is 21.2. The van der Waals surface area contributed by atoms with Crippen LogP contribution in [0.25, 0.3) is 0 Å². The van der Waals surface area contributed by atoms with Crippen LogP contribution in [0.1, 0.15) is 51.1 Å². The van der Waals surface area contributed by atoms with Crippen LogP contribution in [-0.2, 0) is 6.54 Å². The van der Waals surface area contributed by atoms with E-state index in [1.807, 2.05) is 10.9 Å². The Bertz CT molecular complexity index is 339. The predicted molar refractivity (Wildman–Crippen MR) is 64.5 cm³/mol. The minimum Gasteiger partial charge on any atom is -0.273 e. The molecule has 3 N–H and O–H groups in total. The van der Waals surface area contributed by atoms with Gasteiger partial charge in [-0.1, -0.05) is 19.8 Å². The summed E-state index contributed by atoms with van der Waals surface area (Å²) in [6, 6.07) is 0.232. The van der Waals surface area contributed by atoms with Gasteiger partial charge in [0.1, 0.15) is 0 Å². The molecule has 1 unspecified atom stereocenters. The first kappa shape index (κ1) is 11.6. The first-order valence-electron chi connectivity index (χ1n) is 6.18. The standard InChI is InChI=1S/C12H22N4/c1-3-16-9-10(8-14-16)11(15-13)12(2)6-4-5-7-12/h8-9,11,15H,3-7,13H2,1-2H3. The van der Waals surface area contributed by atoms with Gasteiger partial charge >= 0.3 is 0 Å². The molecule has 2 rings (SSSR count). The van der Waals surface area contributed by atoms with Gasteiger partial charge in [-0.2, -0.15) is 5.10 Å². The molecule has 0 spiro atoms. The molecule has 90 valence electrons. The molecule has 4 nitrogen and oxygen atoms in total. The Kier molecular flexibility index (Phi) is 3.30. The third-order valence-electron chi connectivity index (χ3n) is 3.92. The molecule has 1 aliphatic carbocycles. The summed E-state index contributed by atoms with van der Waals surface area (Å²) >= 11 is 0. The highest BCUT2D eigenvalue weighted by atomic mass is 15.3. The number of nitrogens with zero attached hydrogens (tertiary/aromatic N) is 2. The topological polar surface area (TPSA) is 55.9 Å². The number of rotatable bonds is 4. The number of aryl methyl sites for hydroxylation is 1. The van der Waals surface area contributed by atoms with Gasteiger partial charge in [-0.25, -0.2) is 0 Å². The zero-order chi connectivity index (χ0) is 11.6. The van der Waals surface area contributed by atoms with Gasteiger partial charge in [0.2, 0.25) is 0 Å². The summed E-state index contributed by atoms with van der Waals surface area (Å²) in [6.45, 7) is 5.33. The molecule has 1 aromatic heterocycles. The van der Waals surface area contributed by atoms with Gasteiger partial charge in [0.15, 0.2) is 0 Å². The van der Waals surface area contributed by atoms with E-state index in [-0.39, 0.29) is 11.5 Å². The van der Waals surface area contributed by atoms with Crippen molar-refractivity contribution < 1.29 is 0 Å². The van der Waals surface area contributed by atoms with Crippen molar-refractivity contribution in [1.82, 2.24) is 15.2 Å². The van der Waals surface area contributed by atoms with Crippen LogP contribution < -0.4 is 11.3 Å². The Morgan fingerprint density at radius 2 is 2.25 bits per heavy atom. The Morgan fingerprint density at radius 1 is 1.56 bits per heavy atom. The van der Waals surface area contributed by atoms with Crippen LogP contribution in [0.2, 0.25) is 0 Å². The number of nitrogens with one attached hydrogen (secondary N) is 1. The first-order valence-corrected chi connectivity index (χ1v) is 6.18. The molecule has 1 atom stereocenters. The van der Waals surface area contributed by atoms with E-state index in [1.54, 1.807) is 0 Å². The van der Waals surface area contributed by atoms with Gasteiger partial charge in [0.25, 0.3) is 0 Å². The number of aromatic nitrogens is 2. The molecule has 0 aromatic carbocycles. The van der Waals surface area contributed by atoms with Gasteiger partial charge in [-0.15, -0.1) is 0 Å². The van der Waals surface area contributed by atoms with Gasteiger partial charge in [-0.05, 0) is 25.2 Å². The van der Waals surface area contributed by atoms with Gasteiger partial charge in [0.05, 0.1) is 12.2 Å². The molecule has 16 heavy (non-hydrogen) atoms. The third kappa shape index (κ3) is 1.99. The Hall–Kier alpha value is -0.870. The lowest BCUT2D eigenvalue weighted by Gasteiger charge is -2.32. The van der Waals surface area contributed by atoms with Crippen LogP contribution in [-0.4, -0.2) is 9.78 Å². The molecule has 0 amide bonds. The van der Waals surface area contributed by atoms with Crippen molar-refractivity contribution in [2.75, 3.05) is 0 Å². The van der Waals surface area contributed by atoms with Crippen molar-refractivity contribution in [2.24, 2.45) is 11.3 Å². The average molecular weight is 222 g/mol. The zero-order valence-electron chi connectivity index (χ0n) is 10.2. The van der Waals surface area contributed by atoms with E-state index in [1.165, 1.54) is 31.2 Å². The molecule has 0 bridgehead atoms. The van der Waals surface area contributed by atoms with Gasteiger partial charge in [-0.3, -0.25) is 16.0 Å². The molecule has 1 aromatic rings. The summed E-state index contributed by atoms with van der Waals surface area (Å²) in [5, 5.41) is 4.33. The zero-order valence-corrected chi connectivity index (χ0v) is 10.2. The Labute approximate surface area is 97.2 Å². The first-order chi connectivity index (χ1) is 7.69. The van der Waals surface area contributed by atoms with E-state index in [9.17, 15) is 0 Å². The molecule has 0 radical (unpaired) electrons. The largest absolute Gasteiger partial charge is 0.273 e. The highest BCUT2D eigenvalue weighted by Crippen LogP contribution is 2.46. The maximum absolute atomic E-state index is 5.73. The van der Waals surface area contributed by atoms with E-state index in [0.717, 1.165) is 6.54 Å². The van der Waals surface area contributed by atoms with Crippen molar-refractivity contribution >= 4 is 0 Å². The van der Waals surface area contributed by atoms with Crippen LogP contribution >= 0.6 is 0 Å². The van der Waals surface area contributed by atoms with Crippen LogP contribution in [0.3, 0.4) is 0 Å². The highest BCUT2D eigenvalue weighted by Gasteiger charge is 2.37. The van der Waals surface area contributed by atoms with Crippen molar-refractivity contribution in [3.63, 3.8) is 0 Å². The average Bonchev–Trinajstić information content (AvgIpc) is 2.89. The quantitative estimate of drug-likeness (QED) is 0.605. The molecular weight excluding hydrogens is 200 g/mol. The molecule has 1 aliphatic rings. The fourth-order valence-electron chi connectivity index (χ4n) is 2.87. The Morgan fingerprint density at radius 3 is 2.75 bits per heavy atom. The lowest BCUT2D eigenvalue weighted by Crippen LogP contribution is -2.38. The molecule has 0 saturated heterocycles. The van der Waals surface area contributed by atoms with E-state index in [2.05, 4.69) is 30.6 Å². The second kappa shape index (κ2) is 4.55. The second-order valence-electron chi connectivity index (χ2n) is 5.09. The highest BCUT2D eigenvalue weighted by molar-refractivity contribution is 5.15. The predicted octanol–water partition coefficient (Wildman–Crippen LogP) is 1.99. The van der Waals surface area contributed by atoms with Gasteiger partial charge < -0.3 is 0 Å². The monoisotopic (exact) mass is 222 g/mol. The maximum atomic E-state index is 5.73. The minimum absolute atomic E-state index is 0.232. The summed E-state index contributed by atoms with van der Waals surface area (Å²) < 4.78 is 1.96. The molecule has 0 aliphatic heterocycles. The van der Waals surface area contributed by atoms with Crippen molar-refractivity contribution in [3.8, 4) is 0 Å². The minimum atomic E-state index is 0.232. The summed E-state index contributed by atoms with van der Waals surface area (Å²) in [6.07, 6.45) is 9.18. The lowest BCUT2D eigenvalue weighted by molar-refractivity contribution is 0.225. The fourth-order valence-corrected chi connectivity index (χ4v) is 2.87. The number of nitrogens with two attached hydrogens (primary N) is 1. The lowest BCUT2D eigenvalue weighted by atomic mass is 9.78. The van der Waals surface area contributed by atoms with E-state index in [0.29, 0.717) is 0 Å². The van der Waals surface area contributed by atoms with E-state index < -0.39 is 0 Å². The molecule has 1 heterocycles. The second-order valence-corrected chi connectivity index (χ2v) is 5.09. The van der Waals surface area contributed by atoms with Crippen LogP contribution in [0.5, 0.6) is 0 Å². The molecule has 4 heteroatoms.